The second-order valence-electron chi connectivity index (χ2n) is 3.15. The second kappa shape index (κ2) is 5.24. The second-order valence-corrected chi connectivity index (χ2v) is 3.15. The van der Waals surface area contributed by atoms with Crippen molar-refractivity contribution in [3.8, 4) is 0 Å². The summed E-state index contributed by atoms with van der Waals surface area (Å²) in [4.78, 5) is 22.0. The van der Waals surface area contributed by atoms with Gasteiger partial charge in [-0.15, -0.1) is 0 Å². The molecule has 0 saturated heterocycles. The molecular weight excluding hydrogens is 234 g/mol. The van der Waals surface area contributed by atoms with E-state index in [1.165, 1.54) is 0 Å². The molecule has 1 rings (SSSR count). The summed E-state index contributed by atoms with van der Waals surface area (Å²) < 4.78 is 30.1. The average molecular weight is 244 g/mol. The number of carbonyl (C=O) groups is 2. The Labute approximate surface area is 95.5 Å². The van der Waals surface area contributed by atoms with Crippen LogP contribution in [0.4, 0.5) is 20.2 Å². The van der Waals surface area contributed by atoms with Gasteiger partial charge in [-0.25, -0.2) is 8.78 Å². The number of hydrogen-bond donors (Lipinski definition) is 2. The van der Waals surface area contributed by atoms with Crippen LogP contribution < -0.4 is 11.1 Å². The van der Waals surface area contributed by atoms with Gasteiger partial charge in [-0.1, -0.05) is 0 Å². The van der Waals surface area contributed by atoms with Crippen LogP contribution in [0.15, 0.2) is 12.1 Å². The molecule has 92 valence electrons. The smallest absolute Gasteiger partial charge is 0.315 e. The lowest BCUT2D eigenvalue weighted by molar-refractivity contribution is -0.142. The van der Waals surface area contributed by atoms with Crippen molar-refractivity contribution in [1.82, 2.24) is 0 Å². The molecule has 0 aliphatic carbocycles. The van der Waals surface area contributed by atoms with E-state index in [0.29, 0.717) is 6.07 Å². The van der Waals surface area contributed by atoms with Crippen LogP contribution in [-0.4, -0.2) is 19.0 Å². The zero-order chi connectivity index (χ0) is 13.0. The van der Waals surface area contributed by atoms with E-state index in [1.54, 1.807) is 0 Å². The van der Waals surface area contributed by atoms with Crippen molar-refractivity contribution in [2.24, 2.45) is 0 Å². The number of carbonyl (C=O) groups excluding carboxylic acids is 2. The zero-order valence-electron chi connectivity index (χ0n) is 8.92. The molecule has 5 nitrogen and oxygen atoms in total. The standard InChI is InChI=1S/C10H10F2N2O3/c1-17-9(16)4-8(15)14-7-3-5(11)2-6(12)10(7)13/h2-3H,4,13H2,1H3,(H,14,15). The highest BCUT2D eigenvalue weighted by Crippen LogP contribution is 2.23. The maximum absolute atomic E-state index is 13.0. The van der Waals surface area contributed by atoms with E-state index in [4.69, 9.17) is 5.73 Å². The number of benzene rings is 1. The molecule has 17 heavy (non-hydrogen) atoms. The Bertz CT molecular complexity index is 463. The molecular formula is C10H10F2N2O3. The molecule has 0 radical (unpaired) electrons. The fourth-order valence-corrected chi connectivity index (χ4v) is 1.09. The van der Waals surface area contributed by atoms with Gasteiger partial charge < -0.3 is 15.8 Å². The molecule has 0 aliphatic heterocycles. The molecule has 1 aromatic rings. The van der Waals surface area contributed by atoms with Crippen molar-refractivity contribution >= 4 is 23.3 Å². The summed E-state index contributed by atoms with van der Waals surface area (Å²) in [5, 5.41) is 2.11. The molecule has 3 N–H and O–H groups in total. The monoisotopic (exact) mass is 244 g/mol. The number of hydrogen-bond acceptors (Lipinski definition) is 4. The number of nitrogens with two attached hydrogens (primary N) is 1. The molecule has 0 aromatic heterocycles. The van der Waals surface area contributed by atoms with E-state index in [-0.39, 0.29) is 5.69 Å². The van der Waals surface area contributed by atoms with E-state index in [9.17, 15) is 18.4 Å². The maximum atomic E-state index is 13.0. The molecule has 0 bridgehead atoms. The largest absolute Gasteiger partial charge is 0.469 e. The summed E-state index contributed by atoms with van der Waals surface area (Å²) in [5.74, 6) is -3.41. The van der Waals surface area contributed by atoms with Gasteiger partial charge >= 0.3 is 5.97 Å². The van der Waals surface area contributed by atoms with Crippen molar-refractivity contribution in [3.05, 3.63) is 23.8 Å². The Morgan fingerprint density at radius 3 is 2.65 bits per heavy atom. The Balaban J connectivity index is 2.81. The molecule has 0 heterocycles. The van der Waals surface area contributed by atoms with Crippen LogP contribution in [0.2, 0.25) is 0 Å². The first kappa shape index (κ1) is 12.9. The maximum Gasteiger partial charge on any atom is 0.315 e. The van der Waals surface area contributed by atoms with Crippen LogP contribution in [-0.2, 0) is 14.3 Å². The highest BCUT2D eigenvalue weighted by molar-refractivity contribution is 6.03. The van der Waals surface area contributed by atoms with Crippen LogP contribution >= 0.6 is 0 Å². The van der Waals surface area contributed by atoms with Crippen molar-refractivity contribution < 1.29 is 23.1 Å². The van der Waals surface area contributed by atoms with Gasteiger partial charge in [-0.05, 0) is 6.07 Å². The van der Waals surface area contributed by atoms with E-state index in [0.717, 1.165) is 13.2 Å². The summed E-state index contributed by atoms with van der Waals surface area (Å²) in [5.41, 5.74) is 4.67. The molecule has 0 fully saturated rings. The van der Waals surface area contributed by atoms with Crippen LogP contribution in [0.1, 0.15) is 6.42 Å². The third kappa shape index (κ3) is 3.40. The van der Waals surface area contributed by atoms with E-state index >= 15 is 0 Å². The molecule has 0 aliphatic rings. The molecule has 1 aromatic carbocycles. The molecule has 0 atom stereocenters. The number of rotatable bonds is 3. The fourth-order valence-electron chi connectivity index (χ4n) is 1.09. The first-order valence-corrected chi connectivity index (χ1v) is 4.55. The number of esters is 1. The van der Waals surface area contributed by atoms with Crippen LogP contribution in [0.25, 0.3) is 0 Å². The number of nitrogen functional groups attached to an aromatic ring is 1. The van der Waals surface area contributed by atoms with Gasteiger partial charge in [0, 0.05) is 6.07 Å². The quantitative estimate of drug-likeness (QED) is 0.473. The minimum absolute atomic E-state index is 0.226. The summed E-state index contributed by atoms with van der Waals surface area (Å²) in [6, 6.07) is 1.44. The third-order valence-electron chi connectivity index (χ3n) is 1.90. The molecule has 1 amide bonds. The van der Waals surface area contributed by atoms with Crippen molar-refractivity contribution in [3.63, 3.8) is 0 Å². The first-order chi connectivity index (χ1) is 7.93. The number of halogens is 2. The highest BCUT2D eigenvalue weighted by Gasteiger charge is 2.13. The lowest BCUT2D eigenvalue weighted by atomic mass is 10.2. The lowest BCUT2D eigenvalue weighted by Gasteiger charge is -2.08. The minimum atomic E-state index is -0.988. The molecule has 0 unspecified atom stereocenters. The number of anilines is 2. The van der Waals surface area contributed by atoms with E-state index in [2.05, 4.69) is 10.1 Å². The molecule has 0 saturated carbocycles. The number of ether oxygens (including phenoxy) is 1. The van der Waals surface area contributed by atoms with Crippen LogP contribution in [0.5, 0.6) is 0 Å². The highest BCUT2D eigenvalue weighted by atomic mass is 19.1. The Hall–Kier alpha value is -2.18. The van der Waals surface area contributed by atoms with Gasteiger partial charge in [0.05, 0.1) is 18.5 Å². The topological polar surface area (TPSA) is 81.4 Å². The average Bonchev–Trinajstić information content (AvgIpc) is 2.24. The van der Waals surface area contributed by atoms with Crippen molar-refractivity contribution in [1.29, 1.82) is 0 Å². The van der Waals surface area contributed by atoms with Crippen LogP contribution in [0, 0.1) is 11.6 Å². The van der Waals surface area contributed by atoms with Gasteiger partial charge in [0.1, 0.15) is 12.2 Å². The lowest BCUT2D eigenvalue weighted by Crippen LogP contribution is -2.18. The first-order valence-electron chi connectivity index (χ1n) is 4.55. The zero-order valence-corrected chi connectivity index (χ0v) is 8.92. The van der Waals surface area contributed by atoms with Gasteiger partial charge in [-0.3, -0.25) is 9.59 Å². The third-order valence-corrected chi connectivity index (χ3v) is 1.90. The SMILES string of the molecule is COC(=O)CC(=O)Nc1cc(F)cc(F)c1N. The summed E-state index contributed by atoms with van der Waals surface area (Å²) >= 11 is 0. The summed E-state index contributed by atoms with van der Waals surface area (Å²) in [7, 11) is 1.12. The van der Waals surface area contributed by atoms with Gasteiger partial charge in [0.25, 0.3) is 0 Å². The van der Waals surface area contributed by atoms with E-state index in [1.807, 2.05) is 0 Å². The predicted molar refractivity (Wildman–Crippen MR) is 56.0 cm³/mol. The Morgan fingerprint density at radius 1 is 1.41 bits per heavy atom. The summed E-state index contributed by atoms with van der Waals surface area (Å²) in [6.07, 6.45) is -0.561. The van der Waals surface area contributed by atoms with Gasteiger partial charge in [0.2, 0.25) is 5.91 Å². The van der Waals surface area contributed by atoms with Gasteiger partial charge in [-0.2, -0.15) is 0 Å². The normalized spacial score (nSPS) is 9.82. The fraction of sp³-hybridized carbons (Fsp3) is 0.200. The number of methoxy groups -OCH3 is 1. The van der Waals surface area contributed by atoms with Crippen molar-refractivity contribution in [2.75, 3.05) is 18.2 Å². The van der Waals surface area contributed by atoms with E-state index < -0.39 is 35.6 Å². The molecule has 0 spiro atoms. The predicted octanol–water partition coefficient (Wildman–Crippen LogP) is 1.05. The van der Waals surface area contributed by atoms with Crippen molar-refractivity contribution in [2.45, 2.75) is 6.42 Å². The number of amides is 1. The molecule has 7 heteroatoms. The Morgan fingerprint density at radius 2 is 2.06 bits per heavy atom. The van der Waals surface area contributed by atoms with Crippen LogP contribution in [0.3, 0.4) is 0 Å². The number of nitrogens with one attached hydrogen (secondary N) is 1. The van der Waals surface area contributed by atoms with Gasteiger partial charge in [0.15, 0.2) is 5.82 Å². The summed E-state index contributed by atoms with van der Waals surface area (Å²) in [6.45, 7) is 0. The Kier molecular flexibility index (Phi) is 3.97. The minimum Gasteiger partial charge on any atom is -0.469 e.